The maximum absolute atomic E-state index is 11.2. The topological polar surface area (TPSA) is 32.3 Å². The van der Waals surface area contributed by atoms with Crippen LogP contribution in [0.3, 0.4) is 0 Å². The van der Waals surface area contributed by atoms with Crippen molar-refractivity contribution in [2.24, 2.45) is 0 Å². The van der Waals surface area contributed by atoms with E-state index in [1.54, 1.807) is 6.92 Å². The van der Waals surface area contributed by atoms with Crippen LogP contribution in [0.25, 0.3) is 0 Å². The smallest absolute Gasteiger partial charge is 0.246 e. The van der Waals surface area contributed by atoms with E-state index in [9.17, 15) is 4.79 Å². The molecule has 1 amide bonds. The van der Waals surface area contributed by atoms with Crippen LogP contribution in [0.4, 0.5) is 0 Å². The predicted octanol–water partition coefficient (Wildman–Crippen LogP) is 2.52. The molecular formula is C15H26N2O. The van der Waals surface area contributed by atoms with Gasteiger partial charge in [-0.3, -0.25) is 4.79 Å². The number of hydrogen-bond acceptors (Lipinski definition) is 2. The van der Waals surface area contributed by atoms with E-state index >= 15 is 0 Å². The second-order valence-corrected chi connectivity index (χ2v) is 4.42. The van der Waals surface area contributed by atoms with Crippen molar-refractivity contribution in [2.75, 3.05) is 26.7 Å². The molecule has 0 aliphatic heterocycles. The zero-order valence-corrected chi connectivity index (χ0v) is 11.9. The summed E-state index contributed by atoms with van der Waals surface area (Å²) in [5, 5.41) is 2.82. The van der Waals surface area contributed by atoms with Gasteiger partial charge in [-0.25, -0.2) is 0 Å². The molecule has 0 aliphatic carbocycles. The van der Waals surface area contributed by atoms with Gasteiger partial charge in [0.2, 0.25) is 5.91 Å². The standard InChI is InChI=1S/C15H26N2O/c1-5-6-7-8-9-10-12-17(4)13-11-16-15(18)14(2)3/h5-6,9-10H,2,7-8,11-13H2,1,3-4H3,(H,16,18). The summed E-state index contributed by atoms with van der Waals surface area (Å²) in [5.74, 6) is -0.0645. The third-order valence-corrected chi connectivity index (χ3v) is 2.49. The van der Waals surface area contributed by atoms with Gasteiger partial charge in [0.05, 0.1) is 0 Å². The molecule has 0 rings (SSSR count). The lowest BCUT2D eigenvalue weighted by molar-refractivity contribution is -0.117. The Balaban J connectivity index is 3.56. The van der Waals surface area contributed by atoms with Gasteiger partial charge in [-0.15, -0.1) is 0 Å². The van der Waals surface area contributed by atoms with Gasteiger partial charge < -0.3 is 10.2 Å². The molecule has 0 fully saturated rings. The number of nitrogens with one attached hydrogen (secondary N) is 1. The van der Waals surface area contributed by atoms with Crippen LogP contribution in [0.1, 0.15) is 26.7 Å². The van der Waals surface area contributed by atoms with E-state index in [2.05, 4.69) is 41.1 Å². The molecule has 0 radical (unpaired) electrons. The summed E-state index contributed by atoms with van der Waals surface area (Å²) in [6.45, 7) is 9.77. The Hall–Kier alpha value is -1.35. The van der Waals surface area contributed by atoms with Gasteiger partial charge in [0.1, 0.15) is 0 Å². The monoisotopic (exact) mass is 250 g/mol. The number of carbonyl (C=O) groups excluding carboxylic acids is 1. The van der Waals surface area contributed by atoms with Gasteiger partial charge in [-0.1, -0.05) is 30.9 Å². The Labute approximate surface area is 111 Å². The molecule has 18 heavy (non-hydrogen) atoms. The quantitative estimate of drug-likeness (QED) is 0.387. The van der Waals surface area contributed by atoms with E-state index in [-0.39, 0.29) is 5.91 Å². The summed E-state index contributed by atoms with van der Waals surface area (Å²) in [5.41, 5.74) is 0.557. The van der Waals surface area contributed by atoms with Crippen molar-refractivity contribution in [1.82, 2.24) is 10.2 Å². The Morgan fingerprint density at radius 2 is 1.94 bits per heavy atom. The molecule has 102 valence electrons. The maximum atomic E-state index is 11.2. The maximum Gasteiger partial charge on any atom is 0.246 e. The van der Waals surface area contributed by atoms with Crippen molar-refractivity contribution in [3.63, 3.8) is 0 Å². The van der Waals surface area contributed by atoms with E-state index in [0.29, 0.717) is 12.1 Å². The minimum absolute atomic E-state index is 0.0645. The highest BCUT2D eigenvalue weighted by Gasteiger charge is 2.00. The number of likely N-dealkylation sites (N-methyl/N-ethyl adjacent to an activating group) is 1. The fourth-order valence-corrected chi connectivity index (χ4v) is 1.33. The van der Waals surface area contributed by atoms with Crippen LogP contribution in [-0.2, 0) is 4.79 Å². The molecular weight excluding hydrogens is 224 g/mol. The van der Waals surface area contributed by atoms with Gasteiger partial charge in [-0.2, -0.15) is 0 Å². The summed E-state index contributed by atoms with van der Waals surface area (Å²) in [4.78, 5) is 13.4. The van der Waals surface area contributed by atoms with Crippen molar-refractivity contribution >= 4 is 5.91 Å². The molecule has 0 saturated carbocycles. The normalized spacial score (nSPS) is 11.6. The first-order chi connectivity index (χ1) is 8.57. The first-order valence-electron chi connectivity index (χ1n) is 6.46. The second-order valence-electron chi connectivity index (χ2n) is 4.42. The number of allylic oxidation sites excluding steroid dienone is 3. The zero-order valence-electron chi connectivity index (χ0n) is 11.9. The van der Waals surface area contributed by atoms with Crippen LogP contribution in [0.2, 0.25) is 0 Å². The van der Waals surface area contributed by atoms with Crippen LogP contribution >= 0.6 is 0 Å². The summed E-state index contributed by atoms with van der Waals surface area (Å²) in [7, 11) is 2.04. The molecule has 1 N–H and O–H groups in total. The molecule has 0 bridgehead atoms. The number of hydrogen-bond donors (Lipinski definition) is 1. The molecule has 0 saturated heterocycles. The molecule has 0 aliphatic rings. The van der Waals surface area contributed by atoms with Gasteiger partial charge in [-0.05, 0) is 33.7 Å². The number of rotatable bonds is 9. The summed E-state index contributed by atoms with van der Waals surface area (Å²) < 4.78 is 0. The number of nitrogens with zero attached hydrogens (tertiary/aromatic N) is 1. The highest BCUT2D eigenvalue weighted by atomic mass is 16.1. The lowest BCUT2D eigenvalue weighted by Crippen LogP contribution is -2.33. The van der Waals surface area contributed by atoms with Crippen molar-refractivity contribution < 1.29 is 4.79 Å². The highest BCUT2D eigenvalue weighted by molar-refractivity contribution is 5.92. The SMILES string of the molecule is C=C(C)C(=O)NCCN(C)CC=CCCC=CC. The van der Waals surface area contributed by atoms with Crippen molar-refractivity contribution in [2.45, 2.75) is 26.7 Å². The molecule has 0 aromatic carbocycles. The van der Waals surface area contributed by atoms with Crippen molar-refractivity contribution in [3.05, 3.63) is 36.5 Å². The minimum atomic E-state index is -0.0645. The Morgan fingerprint density at radius 3 is 2.56 bits per heavy atom. The minimum Gasteiger partial charge on any atom is -0.351 e. The number of unbranched alkanes of at least 4 members (excludes halogenated alkanes) is 1. The lowest BCUT2D eigenvalue weighted by atomic mass is 10.2. The molecule has 0 heterocycles. The van der Waals surface area contributed by atoms with Gasteiger partial charge in [0.25, 0.3) is 0 Å². The van der Waals surface area contributed by atoms with E-state index in [0.717, 1.165) is 25.9 Å². The van der Waals surface area contributed by atoms with Crippen molar-refractivity contribution in [3.8, 4) is 0 Å². The van der Waals surface area contributed by atoms with E-state index in [1.165, 1.54) is 0 Å². The van der Waals surface area contributed by atoms with Gasteiger partial charge in [0, 0.05) is 25.2 Å². The zero-order chi connectivity index (χ0) is 13.8. The summed E-state index contributed by atoms with van der Waals surface area (Å²) >= 11 is 0. The lowest BCUT2D eigenvalue weighted by Gasteiger charge is -2.14. The van der Waals surface area contributed by atoms with Crippen LogP contribution in [-0.4, -0.2) is 37.5 Å². The third-order valence-electron chi connectivity index (χ3n) is 2.49. The van der Waals surface area contributed by atoms with Crippen LogP contribution < -0.4 is 5.32 Å². The number of carbonyl (C=O) groups is 1. The van der Waals surface area contributed by atoms with Crippen LogP contribution in [0.15, 0.2) is 36.5 Å². The fourth-order valence-electron chi connectivity index (χ4n) is 1.33. The molecule has 3 heteroatoms. The molecule has 0 spiro atoms. The number of amides is 1. The molecule has 0 unspecified atom stereocenters. The van der Waals surface area contributed by atoms with E-state index in [1.807, 2.05) is 14.0 Å². The Kier molecular flexibility index (Phi) is 9.97. The second kappa shape index (κ2) is 10.8. The Bertz CT molecular complexity index is 306. The average Bonchev–Trinajstić information content (AvgIpc) is 2.33. The van der Waals surface area contributed by atoms with Gasteiger partial charge >= 0.3 is 0 Å². The van der Waals surface area contributed by atoms with Crippen LogP contribution in [0.5, 0.6) is 0 Å². The molecule has 0 aromatic rings. The highest BCUT2D eigenvalue weighted by Crippen LogP contribution is 1.93. The average molecular weight is 250 g/mol. The summed E-state index contributed by atoms with van der Waals surface area (Å²) in [6, 6.07) is 0. The molecule has 3 nitrogen and oxygen atoms in total. The predicted molar refractivity (Wildman–Crippen MR) is 78.5 cm³/mol. The fraction of sp³-hybridized carbons (Fsp3) is 0.533. The first kappa shape index (κ1) is 16.6. The van der Waals surface area contributed by atoms with Crippen LogP contribution in [0, 0.1) is 0 Å². The molecule has 0 aromatic heterocycles. The Morgan fingerprint density at radius 1 is 1.28 bits per heavy atom. The summed E-state index contributed by atoms with van der Waals surface area (Å²) in [6.07, 6.45) is 10.8. The third kappa shape index (κ3) is 9.85. The van der Waals surface area contributed by atoms with Gasteiger partial charge in [0.15, 0.2) is 0 Å². The first-order valence-corrected chi connectivity index (χ1v) is 6.46. The van der Waals surface area contributed by atoms with E-state index in [4.69, 9.17) is 0 Å². The van der Waals surface area contributed by atoms with Crippen molar-refractivity contribution in [1.29, 1.82) is 0 Å². The molecule has 0 atom stereocenters. The largest absolute Gasteiger partial charge is 0.351 e. The van der Waals surface area contributed by atoms with E-state index < -0.39 is 0 Å².